The molecule has 8 heteroatoms. The third-order valence-electron chi connectivity index (χ3n) is 3.30. The van der Waals surface area contributed by atoms with Crippen molar-refractivity contribution in [1.82, 2.24) is 5.32 Å². The number of methoxy groups -OCH3 is 2. The van der Waals surface area contributed by atoms with E-state index < -0.39 is 15.9 Å². The van der Waals surface area contributed by atoms with E-state index in [1.54, 1.807) is 12.1 Å². The highest BCUT2D eigenvalue weighted by molar-refractivity contribution is 7.92. The monoisotopic (exact) mass is 350 g/mol. The molecule has 1 amide bonds. The van der Waals surface area contributed by atoms with Crippen molar-refractivity contribution in [1.29, 1.82) is 0 Å². The van der Waals surface area contributed by atoms with Crippen molar-refractivity contribution in [2.45, 2.75) is 4.90 Å². The lowest BCUT2D eigenvalue weighted by Crippen LogP contribution is -2.21. The van der Waals surface area contributed by atoms with Gasteiger partial charge in [-0.15, -0.1) is 0 Å². The molecule has 24 heavy (non-hydrogen) atoms. The molecule has 0 saturated heterocycles. The van der Waals surface area contributed by atoms with Gasteiger partial charge in [-0.05, 0) is 24.3 Å². The number of amides is 1. The Kier molecular flexibility index (Phi) is 5.30. The van der Waals surface area contributed by atoms with E-state index >= 15 is 0 Å². The Balaban J connectivity index is 2.45. The first-order valence-electron chi connectivity index (χ1n) is 6.99. The Labute approximate surface area is 140 Å². The number of benzene rings is 2. The van der Waals surface area contributed by atoms with Crippen LogP contribution in [-0.2, 0) is 10.0 Å². The smallest absolute Gasteiger partial charge is 0.265 e. The van der Waals surface area contributed by atoms with Gasteiger partial charge in [0, 0.05) is 13.1 Å². The maximum absolute atomic E-state index is 12.7. The molecule has 2 aromatic rings. The second kappa shape index (κ2) is 7.22. The minimum Gasteiger partial charge on any atom is -0.497 e. The van der Waals surface area contributed by atoms with Gasteiger partial charge in [-0.3, -0.25) is 9.52 Å². The maximum Gasteiger partial charge on any atom is 0.265 e. The van der Waals surface area contributed by atoms with Crippen LogP contribution >= 0.6 is 0 Å². The molecule has 0 aliphatic rings. The lowest BCUT2D eigenvalue weighted by atomic mass is 10.2. The Morgan fingerprint density at radius 1 is 1.04 bits per heavy atom. The van der Waals surface area contributed by atoms with E-state index in [9.17, 15) is 13.2 Å². The number of carbonyl (C=O) groups is 1. The normalized spacial score (nSPS) is 10.8. The van der Waals surface area contributed by atoms with Gasteiger partial charge in [0.1, 0.15) is 16.4 Å². The summed E-state index contributed by atoms with van der Waals surface area (Å²) in [5.74, 6) is 0.214. The quantitative estimate of drug-likeness (QED) is 0.829. The highest BCUT2D eigenvalue weighted by Gasteiger charge is 2.22. The number of rotatable bonds is 6. The van der Waals surface area contributed by atoms with Crippen LogP contribution in [-0.4, -0.2) is 35.6 Å². The lowest BCUT2D eigenvalue weighted by molar-refractivity contribution is 0.0964. The van der Waals surface area contributed by atoms with Gasteiger partial charge in [0.15, 0.2) is 0 Å². The van der Waals surface area contributed by atoms with Gasteiger partial charge in [-0.2, -0.15) is 0 Å². The Morgan fingerprint density at radius 2 is 1.75 bits per heavy atom. The minimum absolute atomic E-state index is 0.0579. The zero-order valence-corrected chi connectivity index (χ0v) is 14.3. The fraction of sp³-hybridized carbons (Fsp3) is 0.188. The molecule has 0 saturated carbocycles. The Hall–Kier alpha value is -2.74. The molecule has 0 aliphatic heterocycles. The highest BCUT2D eigenvalue weighted by Crippen LogP contribution is 2.30. The van der Waals surface area contributed by atoms with Crippen LogP contribution in [0.1, 0.15) is 10.4 Å². The highest BCUT2D eigenvalue weighted by atomic mass is 32.2. The number of sulfonamides is 1. The predicted molar refractivity (Wildman–Crippen MR) is 90.2 cm³/mol. The van der Waals surface area contributed by atoms with E-state index in [2.05, 4.69) is 10.0 Å². The second-order valence-corrected chi connectivity index (χ2v) is 6.40. The number of carbonyl (C=O) groups excluding carboxylic acids is 1. The summed E-state index contributed by atoms with van der Waals surface area (Å²) in [5, 5.41) is 2.47. The van der Waals surface area contributed by atoms with E-state index in [0.29, 0.717) is 5.75 Å². The van der Waals surface area contributed by atoms with Crippen LogP contribution in [0.5, 0.6) is 11.5 Å². The number of para-hydroxylation sites is 1. The minimum atomic E-state index is -3.96. The van der Waals surface area contributed by atoms with E-state index in [1.807, 2.05) is 0 Å². The zero-order chi connectivity index (χ0) is 17.7. The molecular formula is C16H18N2O5S. The average Bonchev–Trinajstić information content (AvgIpc) is 2.60. The molecule has 0 aromatic heterocycles. The lowest BCUT2D eigenvalue weighted by Gasteiger charge is -2.14. The first-order valence-corrected chi connectivity index (χ1v) is 8.47. The van der Waals surface area contributed by atoms with Crippen LogP contribution in [0.2, 0.25) is 0 Å². The maximum atomic E-state index is 12.7. The summed E-state index contributed by atoms with van der Waals surface area (Å²) in [6, 6.07) is 10.7. The van der Waals surface area contributed by atoms with Crippen LogP contribution in [0.3, 0.4) is 0 Å². The molecule has 0 unspecified atom stereocenters. The van der Waals surface area contributed by atoms with Crippen molar-refractivity contribution in [2.24, 2.45) is 0 Å². The average molecular weight is 350 g/mol. The Morgan fingerprint density at radius 3 is 2.38 bits per heavy atom. The van der Waals surface area contributed by atoms with Crippen molar-refractivity contribution in [3.05, 3.63) is 48.0 Å². The summed E-state index contributed by atoms with van der Waals surface area (Å²) < 4.78 is 38.0. The van der Waals surface area contributed by atoms with Crippen LogP contribution in [0.25, 0.3) is 0 Å². The molecule has 2 rings (SSSR count). The van der Waals surface area contributed by atoms with Gasteiger partial charge in [-0.25, -0.2) is 8.42 Å². The topological polar surface area (TPSA) is 93.7 Å². The number of hydrogen-bond donors (Lipinski definition) is 2. The molecule has 0 fully saturated rings. The van der Waals surface area contributed by atoms with Crippen LogP contribution in [0, 0.1) is 0 Å². The molecule has 2 aromatic carbocycles. The van der Waals surface area contributed by atoms with Crippen molar-refractivity contribution < 1.29 is 22.7 Å². The Bertz CT molecular complexity index is 849. The van der Waals surface area contributed by atoms with E-state index in [0.717, 1.165) is 0 Å². The molecule has 0 radical (unpaired) electrons. The fourth-order valence-electron chi connectivity index (χ4n) is 2.10. The van der Waals surface area contributed by atoms with Gasteiger partial charge in [0.2, 0.25) is 0 Å². The number of anilines is 1. The van der Waals surface area contributed by atoms with Crippen LogP contribution in [0.4, 0.5) is 5.69 Å². The van der Waals surface area contributed by atoms with Crippen molar-refractivity contribution >= 4 is 21.6 Å². The third-order valence-corrected chi connectivity index (χ3v) is 4.71. The standard InChI is InChI=1S/C16H18N2O5S/c1-17-16(19)12-6-4-5-7-13(12)18-24(20,21)15-9-8-11(22-2)10-14(15)23-3/h4-10,18H,1-3H3,(H,17,19). The largest absolute Gasteiger partial charge is 0.497 e. The SMILES string of the molecule is CNC(=O)c1ccccc1NS(=O)(=O)c1ccc(OC)cc1OC. The van der Waals surface area contributed by atoms with Gasteiger partial charge < -0.3 is 14.8 Å². The molecule has 0 bridgehead atoms. The van der Waals surface area contributed by atoms with Crippen LogP contribution < -0.4 is 19.5 Å². The second-order valence-electron chi connectivity index (χ2n) is 4.75. The molecule has 7 nitrogen and oxygen atoms in total. The first-order chi connectivity index (χ1) is 11.4. The third kappa shape index (κ3) is 3.60. The summed E-state index contributed by atoms with van der Waals surface area (Å²) in [5.41, 5.74) is 0.394. The van der Waals surface area contributed by atoms with Gasteiger partial charge in [0.05, 0.1) is 25.5 Å². The molecule has 0 spiro atoms. The number of ether oxygens (including phenoxy) is 2. The van der Waals surface area contributed by atoms with Crippen molar-refractivity contribution in [2.75, 3.05) is 26.0 Å². The van der Waals surface area contributed by atoms with E-state index in [1.165, 1.54) is 51.6 Å². The summed E-state index contributed by atoms with van der Waals surface area (Å²) in [6.45, 7) is 0. The van der Waals surface area contributed by atoms with Gasteiger partial charge >= 0.3 is 0 Å². The molecule has 0 aliphatic carbocycles. The van der Waals surface area contributed by atoms with Crippen molar-refractivity contribution in [3.63, 3.8) is 0 Å². The van der Waals surface area contributed by atoms with Crippen molar-refractivity contribution in [3.8, 4) is 11.5 Å². The predicted octanol–water partition coefficient (Wildman–Crippen LogP) is 1.86. The number of nitrogens with one attached hydrogen (secondary N) is 2. The molecular weight excluding hydrogens is 332 g/mol. The van der Waals surface area contributed by atoms with Crippen LogP contribution in [0.15, 0.2) is 47.4 Å². The van der Waals surface area contributed by atoms with E-state index in [4.69, 9.17) is 9.47 Å². The molecule has 2 N–H and O–H groups in total. The fourth-order valence-corrected chi connectivity index (χ4v) is 3.33. The molecule has 0 heterocycles. The van der Waals surface area contributed by atoms with E-state index in [-0.39, 0.29) is 21.9 Å². The summed E-state index contributed by atoms with van der Waals surface area (Å²) in [7, 11) is 0.357. The summed E-state index contributed by atoms with van der Waals surface area (Å²) >= 11 is 0. The zero-order valence-electron chi connectivity index (χ0n) is 13.5. The summed E-state index contributed by atoms with van der Waals surface area (Å²) in [6.07, 6.45) is 0. The summed E-state index contributed by atoms with van der Waals surface area (Å²) in [4.78, 5) is 11.8. The van der Waals surface area contributed by atoms with Gasteiger partial charge in [0.25, 0.3) is 15.9 Å². The molecule has 128 valence electrons. The van der Waals surface area contributed by atoms with Gasteiger partial charge in [-0.1, -0.05) is 12.1 Å². The number of hydrogen-bond acceptors (Lipinski definition) is 5. The first kappa shape index (κ1) is 17.6. The molecule has 0 atom stereocenters.